The standard InChI is InChI=1S/C19H14Cl2FN5O2/c20-12-3-11(4-14(22)5-12)17-7-16(19(29)26-2-1-23-10-18(26)28)25-27(17)15-6-13(21)8-24-9-15/h3-9,23H,1-2,10H2. The van der Waals surface area contributed by atoms with Crippen molar-refractivity contribution in [1.82, 2.24) is 25.0 Å². The zero-order chi connectivity index (χ0) is 20.5. The van der Waals surface area contributed by atoms with Gasteiger partial charge in [-0.05, 0) is 30.3 Å². The van der Waals surface area contributed by atoms with Gasteiger partial charge in [0, 0.05) is 29.9 Å². The molecule has 1 fully saturated rings. The van der Waals surface area contributed by atoms with Crippen LogP contribution in [0.1, 0.15) is 10.5 Å². The monoisotopic (exact) mass is 433 g/mol. The molecule has 0 atom stereocenters. The van der Waals surface area contributed by atoms with Crippen LogP contribution in [0.2, 0.25) is 10.0 Å². The lowest BCUT2D eigenvalue weighted by atomic mass is 10.1. The Balaban J connectivity index is 1.84. The van der Waals surface area contributed by atoms with E-state index in [4.69, 9.17) is 23.2 Å². The molecule has 1 N–H and O–H groups in total. The van der Waals surface area contributed by atoms with Gasteiger partial charge in [0.25, 0.3) is 5.91 Å². The summed E-state index contributed by atoms with van der Waals surface area (Å²) in [5.74, 6) is -1.40. The van der Waals surface area contributed by atoms with Gasteiger partial charge >= 0.3 is 0 Å². The Morgan fingerprint density at radius 3 is 2.66 bits per heavy atom. The summed E-state index contributed by atoms with van der Waals surface area (Å²) in [5, 5.41) is 7.83. The summed E-state index contributed by atoms with van der Waals surface area (Å²) in [6.07, 6.45) is 2.96. The molecule has 1 aliphatic heterocycles. The summed E-state index contributed by atoms with van der Waals surface area (Å²) in [6, 6.07) is 7.11. The van der Waals surface area contributed by atoms with Crippen LogP contribution in [-0.4, -0.2) is 51.1 Å². The van der Waals surface area contributed by atoms with Crippen LogP contribution < -0.4 is 5.32 Å². The molecule has 1 saturated heterocycles. The smallest absolute Gasteiger partial charge is 0.281 e. The number of nitrogens with one attached hydrogen (secondary N) is 1. The summed E-state index contributed by atoms with van der Waals surface area (Å²) in [4.78, 5) is 30.2. The number of amides is 2. The second-order valence-corrected chi connectivity index (χ2v) is 7.25. The number of carbonyl (C=O) groups is 2. The SMILES string of the molecule is O=C1CNCCN1C(=O)c1cc(-c2cc(F)cc(Cl)c2)n(-c2cncc(Cl)c2)n1. The van der Waals surface area contributed by atoms with Crippen molar-refractivity contribution in [1.29, 1.82) is 0 Å². The quantitative estimate of drug-likeness (QED) is 0.642. The number of hydrogen-bond donors (Lipinski definition) is 1. The van der Waals surface area contributed by atoms with E-state index in [1.807, 2.05) is 0 Å². The fourth-order valence-electron chi connectivity index (χ4n) is 3.07. The maximum Gasteiger partial charge on any atom is 0.281 e. The number of carbonyl (C=O) groups excluding carboxylic acids is 2. The van der Waals surface area contributed by atoms with Gasteiger partial charge in [-0.25, -0.2) is 9.07 Å². The Kier molecular flexibility index (Phi) is 5.31. The molecule has 0 unspecified atom stereocenters. The van der Waals surface area contributed by atoms with E-state index in [0.29, 0.717) is 28.5 Å². The lowest BCUT2D eigenvalue weighted by Gasteiger charge is -2.24. The summed E-state index contributed by atoms with van der Waals surface area (Å²) in [6.45, 7) is 0.824. The first-order valence-corrected chi connectivity index (χ1v) is 9.41. The molecule has 148 valence electrons. The fraction of sp³-hybridized carbons (Fsp3) is 0.158. The van der Waals surface area contributed by atoms with Crippen molar-refractivity contribution in [2.45, 2.75) is 0 Å². The van der Waals surface area contributed by atoms with Crippen molar-refractivity contribution in [3.05, 3.63) is 64.3 Å². The Hall–Kier alpha value is -2.81. The number of rotatable bonds is 3. The van der Waals surface area contributed by atoms with E-state index in [-0.39, 0.29) is 29.7 Å². The zero-order valence-electron chi connectivity index (χ0n) is 14.9. The van der Waals surface area contributed by atoms with Crippen LogP contribution in [-0.2, 0) is 4.79 Å². The fourth-order valence-corrected chi connectivity index (χ4v) is 3.46. The average Bonchev–Trinajstić information content (AvgIpc) is 3.13. The third kappa shape index (κ3) is 4.00. The number of nitrogens with zero attached hydrogens (tertiary/aromatic N) is 4. The molecule has 0 spiro atoms. The van der Waals surface area contributed by atoms with Crippen LogP contribution in [0, 0.1) is 5.82 Å². The molecule has 10 heteroatoms. The second kappa shape index (κ2) is 7.90. The largest absolute Gasteiger partial charge is 0.307 e. The second-order valence-electron chi connectivity index (χ2n) is 6.37. The molecule has 2 aromatic heterocycles. The Labute approximate surface area is 175 Å². The van der Waals surface area contributed by atoms with E-state index in [1.54, 1.807) is 12.1 Å². The van der Waals surface area contributed by atoms with Crippen LogP contribution in [0.4, 0.5) is 4.39 Å². The van der Waals surface area contributed by atoms with Gasteiger partial charge in [0.15, 0.2) is 5.69 Å². The maximum atomic E-state index is 13.9. The highest BCUT2D eigenvalue weighted by atomic mass is 35.5. The summed E-state index contributed by atoms with van der Waals surface area (Å²) in [7, 11) is 0. The van der Waals surface area contributed by atoms with E-state index in [0.717, 1.165) is 4.90 Å². The van der Waals surface area contributed by atoms with E-state index < -0.39 is 11.7 Å². The predicted molar refractivity (Wildman–Crippen MR) is 106 cm³/mol. The highest BCUT2D eigenvalue weighted by Crippen LogP contribution is 2.28. The third-order valence-electron chi connectivity index (χ3n) is 4.36. The van der Waals surface area contributed by atoms with Gasteiger partial charge in [0.05, 0.1) is 29.1 Å². The molecule has 7 nitrogen and oxygen atoms in total. The number of hydrogen-bond acceptors (Lipinski definition) is 5. The van der Waals surface area contributed by atoms with E-state index in [9.17, 15) is 14.0 Å². The Morgan fingerprint density at radius 1 is 1.10 bits per heavy atom. The molecule has 0 aliphatic carbocycles. The van der Waals surface area contributed by atoms with Gasteiger partial charge in [-0.2, -0.15) is 5.10 Å². The number of benzene rings is 1. The lowest BCUT2D eigenvalue weighted by molar-refractivity contribution is -0.129. The predicted octanol–water partition coefficient (Wildman–Crippen LogP) is 2.95. The molecule has 3 aromatic rings. The van der Waals surface area contributed by atoms with Crippen molar-refractivity contribution in [2.24, 2.45) is 0 Å². The first-order chi connectivity index (χ1) is 13.9. The van der Waals surface area contributed by atoms with Gasteiger partial charge in [-0.1, -0.05) is 23.2 Å². The molecule has 29 heavy (non-hydrogen) atoms. The first kappa shape index (κ1) is 19.5. The van der Waals surface area contributed by atoms with Gasteiger partial charge < -0.3 is 5.32 Å². The Morgan fingerprint density at radius 2 is 1.93 bits per heavy atom. The molecular weight excluding hydrogens is 420 g/mol. The van der Waals surface area contributed by atoms with E-state index in [1.165, 1.54) is 35.3 Å². The van der Waals surface area contributed by atoms with Gasteiger partial charge in [0.1, 0.15) is 5.82 Å². The molecule has 0 bridgehead atoms. The highest BCUT2D eigenvalue weighted by Gasteiger charge is 2.28. The van der Waals surface area contributed by atoms with Gasteiger partial charge in [0.2, 0.25) is 5.91 Å². The average molecular weight is 434 g/mol. The molecule has 2 amide bonds. The van der Waals surface area contributed by atoms with Crippen LogP contribution in [0.5, 0.6) is 0 Å². The van der Waals surface area contributed by atoms with Crippen LogP contribution in [0.3, 0.4) is 0 Å². The highest BCUT2D eigenvalue weighted by molar-refractivity contribution is 6.31. The van der Waals surface area contributed by atoms with Crippen LogP contribution in [0.15, 0.2) is 42.7 Å². The number of piperazine rings is 1. The number of imide groups is 1. The molecule has 0 saturated carbocycles. The topological polar surface area (TPSA) is 80.1 Å². The maximum absolute atomic E-state index is 13.9. The third-order valence-corrected chi connectivity index (χ3v) is 4.78. The van der Waals surface area contributed by atoms with Crippen molar-refractivity contribution in [3.8, 4) is 16.9 Å². The first-order valence-electron chi connectivity index (χ1n) is 8.65. The Bertz CT molecular complexity index is 1100. The number of halogens is 3. The van der Waals surface area contributed by atoms with Gasteiger partial charge in [-0.3, -0.25) is 19.5 Å². The van der Waals surface area contributed by atoms with Crippen molar-refractivity contribution < 1.29 is 14.0 Å². The van der Waals surface area contributed by atoms with Crippen molar-refractivity contribution in [3.63, 3.8) is 0 Å². The minimum absolute atomic E-state index is 0.0376. The molecular formula is C19H14Cl2FN5O2. The summed E-state index contributed by atoms with van der Waals surface area (Å²) in [5.41, 5.74) is 1.32. The molecule has 4 rings (SSSR count). The number of aromatic nitrogens is 3. The van der Waals surface area contributed by atoms with Crippen molar-refractivity contribution in [2.75, 3.05) is 19.6 Å². The van der Waals surface area contributed by atoms with Crippen LogP contribution in [0.25, 0.3) is 16.9 Å². The molecule has 3 heterocycles. The minimum atomic E-state index is -0.533. The lowest BCUT2D eigenvalue weighted by Crippen LogP contribution is -2.50. The molecule has 0 radical (unpaired) electrons. The van der Waals surface area contributed by atoms with E-state index in [2.05, 4.69) is 15.4 Å². The van der Waals surface area contributed by atoms with E-state index >= 15 is 0 Å². The van der Waals surface area contributed by atoms with Crippen molar-refractivity contribution >= 4 is 35.0 Å². The summed E-state index contributed by atoms with van der Waals surface area (Å²) < 4.78 is 15.4. The van der Waals surface area contributed by atoms with Gasteiger partial charge in [-0.15, -0.1) is 0 Å². The number of pyridine rings is 1. The normalized spacial score (nSPS) is 14.3. The zero-order valence-corrected chi connectivity index (χ0v) is 16.4. The summed E-state index contributed by atoms with van der Waals surface area (Å²) >= 11 is 12.0. The minimum Gasteiger partial charge on any atom is -0.307 e. The molecule has 1 aromatic carbocycles. The molecule has 1 aliphatic rings. The van der Waals surface area contributed by atoms with Crippen LogP contribution >= 0.6 is 23.2 Å².